The van der Waals surface area contributed by atoms with Crippen molar-refractivity contribution in [1.29, 1.82) is 0 Å². The lowest BCUT2D eigenvalue weighted by Crippen LogP contribution is -1.92. The van der Waals surface area contributed by atoms with Crippen molar-refractivity contribution in [2.75, 3.05) is 0 Å². The zero-order valence-corrected chi connectivity index (χ0v) is 11.4. The van der Waals surface area contributed by atoms with E-state index in [1.54, 1.807) is 0 Å². The second-order valence-electron chi connectivity index (χ2n) is 3.33. The summed E-state index contributed by atoms with van der Waals surface area (Å²) in [5.41, 5.74) is 1.71. The summed E-state index contributed by atoms with van der Waals surface area (Å²) >= 11 is 6.64. The van der Waals surface area contributed by atoms with Gasteiger partial charge in [-0.25, -0.2) is 4.98 Å². The molecule has 0 aliphatic carbocycles. The van der Waals surface area contributed by atoms with Crippen LogP contribution in [0.15, 0.2) is 27.3 Å². The molecule has 0 saturated carbocycles. The number of aromatic nitrogens is 1. The van der Waals surface area contributed by atoms with Gasteiger partial charge in [0.25, 0.3) is 0 Å². The molecule has 0 atom stereocenters. The zero-order valence-electron chi connectivity index (χ0n) is 8.20. The molecule has 4 nitrogen and oxygen atoms in total. The summed E-state index contributed by atoms with van der Waals surface area (Å²) in [5.74, 6) is 0. The number of aryl methyl sites for hydroxylation is 1. The van der Waals surface area contributed by atoms with Crippen LogP contribution in [0.2, 0.25) is 0 Å². The van der Waals surface area contributed by atoms with E-state index < -0.39 is 4.92 Å². The van der Waals surface area contributed by atoms with Gasteiger partial charge in [0.15, 0.2) is 0 Å². The highest BCUT2D eigenvalue weighted by atomic mass is 79.9. The predicted octanol–water partition coefficient (Wildman–Crippen LogP) is 3.98. The first kappa shape index (κ1) is 11.5. The van der Waals surface area contributed by atoms with Gasteiger partial charge in [-0.2, -0.15) is 0 Å². The third-order valence-corrected chi connectivity index (χ3v) is 3.95. The van der Waals surface area contributed by atoms with Crippen molar-refractivity contribution in [1.82, 2.24) is 4.98 Å². The molecule has 16 heavy (non-hydrogen) atoms. The number of hydrogen-bond donors (Lipinski definition) is 0. The van der Waals surface area contributed by atoms with Gasteiger partial charge in [0.2, 0.25) is 0 Å². The highest BCUT2D eigenvalue weighted by Gasteiger charge is 2.16. The van der Waals surface area contributed by atoms with Crippen LogP contribution in [0.25, 0.3) is 10.9 Å². The average Bonchev–Trinajstić information content (AvgIpc) is 2.21. The van der Waals surface area contributed by atoms with E-state index in [1.165, 1.54) is 6.20 Å². The quantitative estimate of drug-likeness (QED) is 0.580. The Balaban J connectivity index is 2.84. The molecule has 1 aromatic heterocycles. The second-order valence-corrected chi connectivity index (χ2v) is 4.98. The number of halogens is 2. The van der Waals surface area contributed by atoms with Gasteiger partial charge >= 0.3 is 5.69 Å². The van der Waals surface area contributed by atoms with Crippen LogP contribution in [0.5, 0.6) is 0 Å². The fourth-order valence-electron chi connectivity index (χ4n) is 1.41. The second kappa shape index (κ2) is 4.10. The zero-order chi connectivity index (χ0) is 11.9. The molecule has 0 aliphatic rings. The molecule has 0 aliphatic heterocycles. The molecular formula is C10H6Br2N2O2. The smallest absolute Gasteiger partial charge is 0.258 e. The number of nitrogens with zero attached hydrogens (tertiary/aromatic N) is 2. The van der Waals surface area contributed by atoms with Crippen LogP contribution < -0.4 is 0 Å². The lowest BCUT2D eigenvalue weighted by Gasteiger charge is -2.04. The lowest BCUT2D eigenvalue weighted by molar-refractivity contribution is -0.385. The highest BCUT2D eigenvalue weighted by molar-refractivity contribution is 9.11. The number of pyridine rings is 1. The first-order valence-corrected chi connectivity index (χ1v) is 5.98. The molecule has 0 unspecified atom stereocenters. The lowest BCUT2D eigenvalue weighted by atomic mass is 10.1. The van der Waals surface area contributed by atoms with E-state index in [9.17, 15) is 10.1 Å². The summed E-state index contributed by atoms with van der Waals surface area (Å²) in [5, 5.41) is 11.5. The standard InChI is InChI=1S/C10H6Br2N2O2/c1-5-2-6-8(3-7(5)11)13-4-9(10(6)12)14(15)16/h2-4H,1H3. The van der Waals surface area contributed by atoms with Gasteiger partial charge in [-0.05, 0) is 40.5 Å². The summed E-state index contributed by atoms with van der Waals surface area (Å²) in [6, 6.07) is 3.71. The van der Waals surface area contributed by atoms with Crippen LogP contribution in [0.4, 0.5) is 5.69 Å². The Morgan fingerprint density at radius 3 is 2.69 bits per heavy atom. The maximum absolute atomic E-state index is 10.7. The summed E-state index contributed by atoms with van der Waals surface area (Å²) in [6.45, 7) is 1.93. The highest BCUT2D eigenvalue weighted by Crippen LogP contribution is 2.33. The van der Waals surface area contributed by atoms with Gasteiger partial charge in [-0.1, -0.05) is 15.9 Å². The van der Waals surface area contributed by atoms with Gasteiger partial charge < -0.3 is 0 Å². The molecule has 0 bridgehead atoms. The van der Waals surface area contributed by atoms with Gasteiger partial charge in [0.05, 0.1) is 10.4 Å². The van der Waals surface area contributed by atoms with Crippen molar-refractivity contribution in [3.05, 3.63) is 43.0 Å². The Kier molecular flexibility index (Phi) is 2.94. The van der Waals surface area contributed by atoms with E-state index in [2.05, 4.69) is 36.8 Å². The first-order valence-electron chi connectivity index (χ1n) is 4.39. The Morgan fingerprint density at radius 2 is 2.06 bits per heavy atom. The number of hydrogen-bond acceptors (Lipinski definition) is 3. The summed E-state index contributed by atoms with van der Waals surface area (Å²) in [6.07, 6.45) is 1.26. The van der Waals surface area contributed by atoms with E-state index >= 15 is 0 Å². The monoisotopic (exact) mass is 344 g/mol. The van der Waals surface area contributed by atoms with Crippen molar-refractivity contribution in [2.45, 2.75) is 6.92 Å². The van der Waals surface area contributed by atoms with Gasteiger partial charge in [-0.3, -0.25) is 10.1 Å². The number of rotatable bonds is 1. The van der Waals surface area contributed by atoms with Crippen molar-refractivity contribution in [3.63, 3.8) is 0 Å². The molecule has 0 fully saturated rings. The molecule has 2 aromatic rings. The molecule has 1 heterocycles. The molecule has 0 N–H and O–H groups in total. The minimum absolute atomic E-state index is 0.0192. The van der Waals surface area contributed by atoms with Gasteiger partial charge in [0, 0.05) is 9.86 Å². The molecule has 0 radical (unpaired) electrons. The predicted molar refractivity (Wildman–Crippen MR) is 68.5 cm³/mol. The third-order valence-electron chi connectivity index (χ3n) is 2.26. The van der Waals surface area contributed by atoms with Crippen molar-refractivity contribution in [3.8, 4) is 0 Å². The molecule has 82 valence electrons. The number of benzene rings is 1. The molecule has 0 amide bonds. The maximum Gasteiger partial charge on any atom is 0.302 e. The van der Waals surface area contributed by atoms with E-state index in [1.807, 2.05) is 19.1 Å². The van der Waals surface area contributed by atoms with E-state index in [-0.39, 0.29) is 5.69 Å². The summed E-state index contributed by atoms with van der Waals surface area (Å²) in [4.78, 5) is 14.4. The van der Waals surface area contributed by atoms with Crippen molar-refractivity contribution >= 4 is 48.5 Å². The van der Waals surface area contributed by atoms with Gasteiger partial charge in [-0.15, -0.1) is 0 Å². The minimum Gasteiger partial charge on any atom is -0.258 e. The van der Waals surface area contributed by atoms with Crippen molar-refractivity contribution < 1.29 is 4.92 Å². The molecule has 0 saturated heterocycles. The topological polar surface area (TPSA) is 56.0 Å². The van der Waals surface area contributed by atoms with Crippen LogP contribution in [-0.2, 0) is 0 Å². The molecule has 6 heteroatoms. The fraction of sp³-hybridized carbons (Fsp3) is 0.100. The first-order chi connectivity index (χ1) is 7.50. The molecular weight excluding hydrogens is 340 g/mol. The minimum atomic E-state index is -0.450. The Bertz CT molecular complexity index is 599. The third kappa shape index (κ3) is 1.82. The van der Waals surface area contributed by atoms with Crippen LogP contribution in [0, 0.1) is 17.0 Å². The van der Waals surface area contributed by atoms with E-state index in [4.69, 9.17) is 0 Å². The van der Waals surface area contributed by atoms with Crippen LogP contribution >= 0.6 is 31.9 Å². The number of nitro groups is 1. The largest absolute Gasteiger partial charge is 0.302 e. The Hall–Kier alpha value is -1.01. The molecule has 1 aromatic carbocycles. The van der Waals surface area contributed by atoms with Crippen LogP contribution in [0.3, 0.4) is 0 Å². The van der Waals surface area contributed by atoms with Crippen LogP contribution in [0.1, 0.15) is 5.56 Å². The maximum atomic E-state index is 10.7. The molecule has 0 spiro atoms. The van der Waals surface area contributed by atoms with E-state index in [0.29, 0.717) is 4.47 Å². The van der Waals surface area contributed by atoms with Crippen molar-refractivity contribution in [2.24, 2.45) is 0 Å². The normalized spacial score (nSPS) is 10.7. The number of fused-ring (bicyclic) bond motifs is 1. The van der Waals surface area contributed by atoms with Gasteiger partial charge in [0.1, 0.15) is 10.7 Å². The van der Waals surface area contributed by atoms with Crippen LogP contribution in [-0.4, -0.2) is 9.91 Å². The Morgan fingerprint density at radius 1 is 1.38 bits per heavy atom. The SMILES string of the molecule is Cc1cc2c(Br)c([N+](=O)[O-])cnc2cc1Br. The summed E-state index contributed by atoms with van der Waals surface area (Å²) < 4.78 is 1.41. The van der Waals surface area contributed by atoms with E-state index in [0.717, 1.165) is 20.9 Å². The average molecular weight is 346 g/mol. The molecule has 2 rings (SSSR count). The summed E-state index contributed by atoms with van der Waals surface area (Å²) in [7, 11) is 0. The fourth-order valence-corrected chi connectivity index (χ4v) is 2.30. The Labute approximate surface area is 108 Å².